The summed E-state index contributed by atoms with van der Waals surface area (Å²) in [6.45, 7) is 1.28. The van der Waals surface area contributed by atoms with Gasteiger partial charge < -0.3 is 15.6 Å². The van der Waals surface area contributed by atoms with Gasteiger partial charge in [0.25, 0.3) is 0 Å². The second-order valence-electron chi connectivity index (χ2n) is 4.50. The molecule has 0 aliphatic heterocycles. The Morgan fingerprint density at radius 1 is 1.05 bits per heavy atom. The summed E-state index contributed by atoms with van der Waals surface area (Å²) < 4.78 is 18.7. The third-order valence-corrected chi connectivity index (χ3v) is 3.03. The molecular weight excluding hydrogens is 257 g/mol. The fourth-order valence-electron chi connectivity index (χ4n) is 1.94. The van der Waals surface area contributed by atoms with E-state index in [4.69, 9.17) is 15.6 Å². The van der Waals surface area contributed by atoms with Crippen LogP contribution in [0.2, 0.25) is 0 Å². The smallest absolute Gasteiger partial charge is 0.128 e. The first-order chi connectivity index (χ1) is 9.74. The summed E-state index contributed by atoms with van der Waals surface area (Å²) in [6.07, 6.45) is 0. The summed E-state index contributed by atoms with van der Waals surface area (Å²) in [5.74, 6) is -0.386. The van der Waals surface area contributed by atoms with E-state index in [9.17, 15) is 4.39 Å². The van der Waals surface area contributed by atoms with Crippen molar-refractivity contribution in [2.75, 3.05) is 13.2 Å². The summed E-state index contributed by atoms with van der Waals surface area (Å²) in [4.78, 5) is 0. The van der Waals surface area contributed by atoms with Crippen LogP contribution in [0.3, 0.4) is 0 Å². The van der Waals surface area contributed by atoms with Crippen LogP contribution in [0.1, 0.15) is 11.1 Å². The van der Waals surface area contributed by atoms with Crippen LogP contribution in [0.25, 0.3) is 11.1 Å². The van der Waals surface area contributed by atoms with Crippen molar-refractivity contribution in [2.24, 2.45) is 5.73 Å². The number of aliphatic hydroxyl groups is 1. The van der Waals surface area contributed by atoms with Crippen LogP contribution in [-0.2, 0) is 18.0 Å². The van der Waals surface area contributed by atoms with Gasteiger partial charge in [-0.1, -0.05) is 30.3 Å². The first-order valence-corrected chi connectivity index (χ1v) is 6.51. The molecule has 0 aromatic heterocycles. The number of aliphatic hydroxyl groups excluding tert-OH is 1. The average Bonchev–Trinajstić information content (AvgIpc) is 2.49. The molecule has 0 aliphatic rings. The Kier molecular flexibility index (Phi) is 5.24. The van der Waals surface area contributed by atoms with Gasteiger partial charge in [0.1, 0.15) is 5.82 Å². The number of benzene rings is 2. The third kappa shape index (κ3) is 3.63. The highest BCUT2D eigenvalue weighted by Crippen LogP contribution is 2.23. The van der Waals surface area contributed by atoms with Crippen LogP contribution in [0, 0.1) is 5.82 Å². The maximum absolute atomic E-state index is 13.3. The molecule has 0 heterocycles. The lowest BCUT2D eigenvalue weighted by atomic mass is 10.0. The molecule has 3 N–H and O–H groups in total. The van der Waals surface area contributed by atoms with Gasteiger partial charge in [0.05, 0.1) is 19.8 Å². The molecule has 0 bridgehead atoms. The second-order valence-corrected chi connectivity index (χ2v) is 4.50. The van der Waals surface area contributed by atoms with E-state index >= 15 is 0 Å². The molecule has 0 spiro atoms. The zero-order valence-corrected chi connectivity index (χ0v) is 11.2. The molecule has 0 unspecified atom stereocenters. The van der Waals surface area contributed by atoms with Gasteiger partial charge in [-0.2, -0.15) is 0 Å². The van der Waals surface area contributed by atoms with Gasteiger partial charge >= 0.3 is 0 Å². The molecule has 4 heteroatoms. The quantitative estimate of drug-likeness (QED) is 0.796. The number of hydrogen-bond acceptors (Lipinski definition) is 3. The zero-order valence-electron chi connectivity index (χ0n) is 11.2. The van der Waals surface area contributed by atoms with Crippen LogP contribution in [0.5, 0.6) is 0 Å². The largest absolute Gasteiger partial charge is 0.392 e. The number of ether oxygens (including phenoxy) is 1. The Bertz CT molecular complexity index is 555. The number of rotatable bonds is 6. The summed E-state index contributed by atoms with van der Waals surface area (Å²) in [5.41, 5.74) is 8.58. The molecule has 0 radical (unpaired) electrons. The Balaban J connectivity index is 2.13. The Morgan fingerprint density at radius 2 is 1.75 bits per heavy atom. The lowest BCUT2D eigenvalue weighted by Crippen LogP contribution is -2.08. The first kappa shape index (κ1) is 14.7. The minimum atomic E-state index is -0.386. The summed E-state index contributed by atoms with van der Waals surface area (Å²) in [7, 11) is 0. The van der Waals surface area contributed by atoms with Gasteiger partial charge in [0.2, 0.25) is 0 Å². The highest BCUT2D eigenvalue weighted by atomic mass is 19.1. The molecule has 0 amide bonds. The predicted octanol–water partition coefficient (Wildman–Crippen LogP) is 2.46. The van der Waals surface area contributed by atoms with E-state index in [1.165, 1.54) is 6.07 Å². The fourth-order valence-corrected chi connectivity index (χ4v) is 1.94. The highest BCUT2D eigenvalue weighted by molar-refractivity contribution is 5.64. The number of hydrogen-bond donors (Lipinski definition) is 2. The Morgan fingerprint density at radius 3 is 2.40 bits per heavy atom. The van der Waals surface area contributed by atoms with Gasteiger partial charge in [-0.3, -0.25) is 0 Å². The first-order valence-electron chi connectivity index (χ1n) is 6.51. The lowest BCUT2D eigenvalue weighted by Gasteiger charge is -2.07. The van der Waals surface area contributed by atoms with Crippen molar-refractivity contribution in [3.05, 3.63) is 59.4 Å². The minimum absolute atomic E-state index is 0.301. The number of nitrogens with two attached hydrogens (primary N) is 1. The van der Waals surface area contributed by atoms with Crippen molar-refractivity contribution < 1.29 is 14.2 Å². The molecule has 2 aromatic rings. The third-order valence-electron chi connectivity index (χ3n) is 3.03. The molecular formula is C16H18FNO2. The van der Waals surface area contributed by atoms with E-state index in [0.717, 1.165) is 16.7 Å². The van der Waals surface area contributed by atoms with Crippen LogP contribution >= 0.6 is 0 Å². The van der Waals surface area contributed by atoms with Crippen molar-refractivity contribution in [3.8, 4) is 11.1 Å². The van der Waals surface area contributed by atoms with E-state index in [1.54, 1.807) is 12.1 Å². The van der Waals surface area contributed by atoms with E-state index in [2.05, 4.69) is 0 Å². The number of halogens is 1. The lowest BCUT2D eigenvalue weighted by molar-refractivity contribution is 0.128. The molecule has 3 nitrogen and oxygen atoms in total. The average molecular weight is 275 g/mol. The molecule has 0 atom stereocenters. The summed E-state index contributed by atoms with van der Waals surface area (Å²) in [5, 5.41) is 9.09. The second kappa shape index (κ2) is 7.14. The van der Waals surface area contributed by atoms with Crippen molar-refractivity contribution in [2.45, 2.75) is 13.2 Å². The molecule has 2 aromatic carbocycles. The predicted molar refractivity (Wildman–Crippen MR) is 76.5 cm³/mol. The molecule has 0 saturated carbocycles. The molecule has 20 heavy (non-hydrogen) atoms. The van der Waals surface area contributed by atoms with Gasteiger partial charge in [0.15, 0.2) is 0 Å². The van der Waals surface area contributed by atoms with Crippen molar-refractivity contribution >= 4 is 0 Å². The summed E-state index contributed by atoms with van der Waals surface area (Å²) in [6, 6.07) is 12.6. The van der Waals surface area contributed by atoms with Crippen molar-refractivity contribution in [1.82, 2.24) is 0 Å². The normalized spacial score (nSPS) is 10.8. The van der Waals surface area contributed by atoms with Gasteiger partial charge in [-0.25, -0.2) is 4.39 Å². The van der Waals surface area contributed by atoms with Crippen LogP contribution in [0.4, 0.5) is 4.39 Å². The van der Waals surface area contributed by atoms with E-state index in [-0.39, 0.29) is 12.4 Å². The van der Waals surface area contributed by atoms with Crippen molar-refractivity contribution in [3.63, 3.8) is 0 Å². The molecule has 0 fully saturated rings. The summed E-state index contributed by atoms with van der Waals surface area (Å²) >= 11 is 0. The topological polar surface area (TPSA) is 55.5 Å². The van der Waals surface area contributed by atoms with Gasteiger partial charge in [-0.15, -0.1) is 0 Å². The fraction of sp³-hybridized carbons (Fsp3) is 0.250. The van der Waals surface area contributed by atoms with E-state index < -0.39 is 0 Å². The molecule has 2 rings (SSSR count). The zero-order chi connectivity index (χ0) is 14.4. The highest BCUT2D eigenvalue weighted by Gasteiger charge is 2.04. The minimum Gasteiger partial charge on any atom is -0.392 e. The maximum Gasteiger partial charge on any atom is 0.128 e. The van der Waals surface area contributed by atoms with Crippen LogP contribution in [-0.4, -0.2) is 18.3 Å². The monoisotopic (exact) mass is 275 g/mol. The van der Waals surface area contributed by atoms with Gasteiger partial charge in [-0.05, 0) is 28.8 Å². The molecule has 106 valence electrons. The van der Waals surface area contributed by atoms with Crippen LogP contribution in [0.15, 0.2) is 42.5 Å². The standard InChI is InChI=1S/C16H18FNO2/c17-16-6-5-14(9-15(16)10-19)13-3-1-12(2-4-13)11-20-8-7-18/h1-6,9,19H,7-8,10-11,18H2. The maximum atomic E-state index is 13.3. The van der Waals surface area contributed by atoms with E-state index in [0.29, 0.717) is 25.3 Å². The van der Waals surface area contributed by atoms with Crippen LogP contribution < -0.4 is 5.73 Å². The molecule has 0 aliphatic carbocycles. The van der Waals surface area contributed by atoms with Gasteiger partial charge in [0, 0.05) is 12.1 Å². The molecule has 0 saturated heterocycles. The SMILES string of the molecule is NCCOCc1ccc(-c2ccc(F)c(CO)c2)cc1. The van der Waals surface area contributed by atoms with E-state index in [1.807, 2.05) is 24.3 Å². The Labute approximate surface area is 117 Å². The van der Waals surface area contributed by atoms with Crippen molar-refractivity contribution in [1.29, 1.82) is 0 Å². The Hall–Kier alpha value is -1.75.